The Labute approximate surface area is 156 Å². The molecule has 1 heterocycles. The molecule has 132 valence electrons. The average Bonchev–Trinajstić information content (AvgIpc) is 3.12. The van der Waals surface area contributed by atoms with Crippen LogP contribution in [0, 0.1) is 0 Å². The molecule has 8 nitrogen and oxygen atoms in total. The molecule has 0 radical (unpaired) electrons. The van der Waals surface area contributed by atoms with Gasteiger partial charge in [-0.15, -0.1) is 0 Å². The number of esters is 1. The molecule has 0 aliphatic heterocycles. The molecule has 0 aliphatic rings. The van der Waals surface area contributed by atoms with E-state index in [0.29, 0.717) is 15.6 Å². The molecular formula is C17H13BrN4O4. The lowest BCUT2D eigenvalue weighted by atomic mass is 10.1. The summed E-state index contributed by atoms with van der Waals surface area (Å²) in [5.41, 5.74) is 6.45. The lowest BCUT2D eigenvalue weighted by molar-refractivity contribution is 0.0729. The highest BCUT2D eigenvalue weighted by atomic mass is 79.9. The lowest BCUT2D eigenvalue weighted by Gasteiger charge is -2.12. The summed E-state index contributed by atoms with van der Waals surface area (Å²) in [6.45, 7) is 0. The van der Waals surface area contributed by atoms with E-state index in [1.807, 2.05) is 0 Å². The van der Waals surface area contributed by atoms with E-state index in [4.69, 9.17) is 15.2 Å². The number of hydrogen-bond acceptors (Lipinski definition) is 6. The molecule has 0 aliphatic carbocycles. The number of hydrogen-bond donors (Lipinski definition) is 2. The molecule has 3 N–H and O–H groups in total. The fourth-order valence-corrected chi connectivity index (χ4v) is 2.79. The van der Waals surface area contributed by atoms with E-state index in [1.54, 1.807) is 42.5 Å². The van der Waals surface area contributed by atoms with Crippen LogP contribution >= 0.6 is 15.9 Å². The first-order valence-electron chi connectivity index (χ1n) is 7.37. The normalized spacial score (nSPS) is 10.4. The number of ether oxygens (including phenoxy) is 2. The SMILES string of the molecule is COc1cc(-c2n[nH]nc2C(N)=O)c(Br)cc1OC(=O)c1ccccc1. The zero-order valence-corrected chi connectivity index (χ0v) is 15.1. The van der Waals surface area contributed by atoms with Crippen LogP contribution in [0.2, 0.25) is 0 Å². The van der Waals surface area contributed by atoms with Gasteiger partial charge in [0.05, 0.1) is 12.7 Å². The molecule has 2 aromatic carbocycles. The quantitative estimate of drug-likeness (QED) is 0.486. The van der Waals surface area contributed by atoms with Crippen molar-refractivity contribution in [2.45, 2.75) is 0 Å². The van der Waals surface area contributed by atoms with Crippen molar-refractivity contribution in [1.82, 2.24) is 15.4 Å². The van der Waals surface area contributed by atoms with Crippen molar-refractivity contribution in [2.75, 3.05) is 7.11 Å². The van der Waals surface area contributed by atoms with Gasteiger partial charge in [0.2, 0.25) is 0 Å². The second kappa shape index (κ2) is 7.36. The molecular weight excluding hydrogens is 404 g/mol. The predicted molar refractivity (Wildman–Crippen MR) is 96.0 cm³/mol. The topological polar surface area (TPSA) is 120 Å². The molecule has 0 atom stereocenters. The number of primary amides is 1. The van der Waals surface area contributed by atoms with E-state index in [9.17, 15) is 9.59 Å². The first kappa shape index (κ1) is 17.6. The van der Waals surface area contributed by atoms with E-state index in [1.165, 1.54) is 7.11 Å². The number of nitrogens with two attached hydrogens (primary N) is 1. The molecule has 26 heavy (non-hydrogen) atoms. The van der Waals surface area contributed by atoms with Crippen LogP contribution in [0.4, 0.5) is 0 Å². The van der Waals surface area contributed by atoms with Gasteiger partial charge in [0, 0.05) is 10.0 Å². The molecule has 1 amide bonds. The third kappa shape index (κ3) is 3.42. The first-order valence-corrected chi connectivity index (χ1v) is 8.16. The Hall–Kier alpha value is -3.20. The number of nitrogens with zero attached hydrogens (tertiary/aromatic N) is 2. The number of carbonyl (C=O) groups is 2. The van der Waals surface area contributed by atoms with Crippen molar-refractivity contribution in [3.05, 3.63) is 58.2 Å². The summed E-state index contributed by atoms with van der Waals surface area (Å²) in [5.74, 6) is -0.756. The molecule has 0 bridgehead atoms. The predicted octanol–water partition coefficient (Wildman–Crippen LogP) is 2.56. The van der Waals surface area contributed by atoms with Crippen LogP contribution in [0.5, 0.6) is 11.5 Å². The monoisotopic (exact) mass is 416 g/mol. The minimum atomic E-state index is -0.723. The van der Waals surface area contributed by atoms with E-state index in [2.05, 4.69) is 31.3 Å². The van der Waals surface area contributed by atoms with Crippen molar-refractivity contribution in [2.24, 2.45) is 5.73 Å². The Kier molecular flexibility index (Phi) is 4.99. The van der Waals surface area contributed by atoms with Crippen molar-refractivity contribution in [3.63, 3.8) is 0 Å². The van der Waals surface area contributed by atoms with Crippen LogP contribution in [-0.4, -0.2) is 34.4 Å². The largest absolute Gasteiger partial charge is 0.493 e. The average molecular weight is 417 g/mol. The van der Waals surface area contributed by atoms with Crippen LogP contribution in [-0.2, 0) is 0 Å². The number of aromatic nitrogens is 3. The second-order valence-electron chi connectivity index (χ2n) is 5.12. The molecule has 0 spiro atoms. The van der Waals surface area contributed by atoms with Gasteiger partial charge in [0.25, 0.3) is 5.91 Å². The fraction of sp³-hybridized carbons (Fsp3) is 0.0588. The number of amides is 1. The Morgan fingerprint density at radius 3 is 2.50 bits per heavy atom. The number of rotatable bonds is 5. The van der Waals surface area contributed by atoms with Gasteiger partial charge in [-0.2, -0.15) is 15.4 Å². The molecule has 1 aromatic heterocycles. The van der Waals surface area contributed by atoms with Crippen LogP contribution in [0.25, 0.3) is 11.3 Å². The highest BCUT2D eigenvalue weighted by Gasteiger charge is 2.21. The molecule has 0 unspecified atom stereocenters. The highest BCUT2D eigenvalue weighted by molar-refractivity contribution is 9.10. The molecule has 0 fully saturated rings. The Bertz CT molecular complexity index is 972. The Balaban J connectivity index is 1.99. The van der Waals surface area contributed by atoms with Crippen molar-refractivity contribution >= 4 is 27.8 Å². The van der Waals surface area contributed by atoms with Gasteiger partial charge >= 0.3 is 5.97 Å². The summed E-state index contributed by atoms with van der Waals surface area (Å²) in [5, 5.41) is 10.1. The molecule has 3 aromatic rings. The van der Waals surface area contributed by atoms with Gasteiger partial charge in [-0.05, 0) is 40.2 Å². The Morgan fingerprint density at radius 2 is 1.85 bits per heavy atom. The Morgan fingerprint density at radius 1 is 1.12 bits per heavy atom. The third-order valence-corrected chi connectivity index (χ3v) is 4.16. The highest BCUT2D eigenvalue weighted by Crippen LogP contribution is 2.39. The van der Waals surface area contributed by atoms with Gasteiger partial charge in [0.1, 0.15) is 5.69 Å². The third-order valence-electron chi connectivity index (χ3n) is 3.50. The zero-order valence-electron chi connectivity index (χ0n) is 13.5. The summed E-state index contributed by atoms with van der Waals surface area (Å²) >= 11 is 3.38. The molecule has 0 saturated carbocycles. The summed E-state index contributed by atoms with van der Waals surface area (Å²) in [6, 6.07) is 11.7. The second-order valence-corrected chi connectivity index (χ2v) is 5.98. The smallest absolute Gasteiger partial charge is 0.343 e. The van der Waals surface area contributed by atoms with Gasteiger partial charge in [-0.1, -0.05) is 18.2 Å². The maximum atomic E-state index is 12.3. The zero-order chi connectivity index (χ0) is 18.7. The number of H-pyrrole nitrogens is 1. The van der Waals surface area contributed by atoms with Crippen LogP contribution in [0.15, 0.2) is 46.9 Å². The molecule has 9 heteroatoms. The number of benzene rings is 2. The number of methoxy groups -OCH3 is 1. The van der Waals surface area contributed by atoms with Crippen molar-refractivity contribution in [3.8, 4) is 22.8 Å². The fourth-order valence-electron chi connectivity index (χ4n) is 2.28. The number of aromatic amines is 1. The standard InChI is InChI=1S/C17H13BrN4O4/c1-25-12-7-10(14-15(16(19)23)21-22-20-14)11(18)8-13(12)26-17(24)9-5-3-2-4-6-9/h2-8H,1H3,(H2,19,23)(H,20,21,22). The first-order chi connectivity index (χ1) is 12.5. The van der Waals surface area contributed by atoms with Crippen LogP contribution in [0.1, 0.15) is 20.8 Å². The lowest BCUT2D eigenvalue weighted by Crippen LogP contribution is -2.13. The van der Waals surface area contributed by atoms with Crippen molar-refractivity contribution in [1.29, 1.82) is 0 Å². The van der Waals surface area contributed by atoms with Gasteiger partial charge < -0.3 is 15.2 Å². The van der Waals surface area contributed by atoms with Crippen LogP contribution < -0.4 is 15.2 Å². The number of carbonyl (C=O) groups excluding carboxylic acids is 2. The number of halogens is 1. The minimum absolute atomic E-state index is 0.0122. The van der Waals surface area contributed by atoms with E-state index in [-0.39, 0.29) is 22.9 Å². The molecule has 3 rings (SSSR count). The maximum Gasteiger partial charge on any atom is 0.343 e. The minimum Gasteiger partial charge on any atom is -0.493 e. The maximum absolute atomic E-state index is 12.3. The summed E-state index contributed by atoms with van der Waals surface area (Å²) < 4.78 is 11.2. The van der Waals surface area contributed by atoms with Crippen LogP contribution in [0.3, 0.4) is 0 Å². The summed E-state index contributed by atoms with van der Waals surface area (Å²) in [7, 11) is 1.44. The van der Waals surface area contributed by atoms with E-state index < -0.39 is 11.9 Å². The van der Waals surface area contributed by atoms with E-state index in [0.717, 1.165) is 0 Å². The van der Waals surface area contributed by atoms with Gasteiger partial charge in [-0.25, -0.2) is 4.79 Å². The van der Waals surface area contributed by atoms with Crippen molar-refractivity contribution < 1.29 is 19.1 Å². The summed E-state index contributed by atoms with van der Waals surface area (Å²) in [4.78, 5) is 23.7. The van der Waals surface area contributed by atoms with E-state index >= 15 is 0 Å². The number of nitrogens with one attached hydrogen (secondary N) is 1. The molecule has 0 saturated heterocycles. The van der Waals surface area contributed by atoms with Gasteiger partial charge in [0.15, 0.2) is 17.2 Å². The van der Waals surface area contributed by atoms with Gasteiger partial charge in [-0.3, -0.25) is 4.79 Å². The summed E-state index contributed by atoms with van der Waals surface area (Å²) in [6.07, 6.45) is 0.